The minimum atomic E-state index is 0.426. The van der Waals surface area contributed by atoms with E-state index in [1.54, 1.807) is 0 Å². The monoisotopic (exact) mass is 360 g/mol. The number of para-hydroxylation sites is 1. The van der Waals surface area contributed by atoms with Gasteiger partial charge in [0.05, 0.1) is 5.69 Å². The van der Waals surface area contributed by atoms with E-state index in [1.165, 1.54) is 11.3 Å². The van der Waals surface area contributed by atoms with Gasteiger partial charge in [-0.3, -0.25) is 0 Å². The van der Waals surface area contributed by atoms with Gasteiger partial charge in [-0.05, 0) is 58.1 Å². The van der Waals surface area contributed by atoms with Crippen LogP contribution in [0.2, 0.25) is 0 Å². The standard InChI is InChI=1S/C17H17BrN2S/c1-11-8-12-4-2-3-5-15(12)20(10-11)16-7-6-13(17(19)21)9-14(16)18/h2-7,9,11H,8,10H2,1H3,(H2,19,21). The first-order chi connectivity index (χ1) is 10.1. The first-order valence-corrected chi connectivity index (χ1v) is 8.21. The average Bonchev–Trinajstić information content (AvgIpc) is 2.46. The summed E-state index contributed by atoms with van der Waals surface area (Å²) in [6, 6.07) is 14.7. The smallest absolute Gasteiger partial charge is 0.104 e. The van der Waals surface area contributed by atoms with Crippen molar-refractivity contribution in [1.82, 2.24) is 0 Å². The van der Waals surface area contributed by atoms with Crippen molar-refractivity contribution in [1.29, 1.82) is 0 Å². The third-order valence-electron chi connectivity index (χ3n) is 3.87. The minimum Gasteiger partial charge on any atom is -0.389 e. The molecule has 2 nitrogen and oxygen atoms in total. The van der Waals surface area contributed by atoms with Crippen molar-refractivity contribution >= 4 is 44.5 Å². The Morgan fingerprint density at radius 1 is 1.24 bits per heavy atom. The van der Waals surface area contributed by atoms with E-state index in [-0.39, 0.29) is 0 Å². The number of benzene rings is 2. The van der Waals surface area contributed by atoms with Crippen molar-refractivity contribution in [2.75, 3.05) is 11.4 Å². The number of rotatable bonds is 2. The third-order valence-corrected chi connectivity index (χ3v) is 4.74. The van der Waals surface area contributed by atoms with Gasteiger partial charge < -0.3 is 10.6 Å². The van der Waals surface area contributed by atoms with Gasteiger partial charge in [0.15, 0.2) is 0 Å². The van der Waals surface area contributed by atoms with E-state index in [2.05, 4.69) is 58.1 Å². The lowest BCUT2D eigenvalue weighted by atomic mass is 9.93. The second-order valence-corrected chi connectivity index (χ2v) is 6.87. The predicted octanol–water partition coefficient (Wildman–Crippen LogP) is 4.41. The fourth-order valence-electron chi connectivity index (χ4n) is 2.90. The zero-order valence-electron chi connectivity index (χ0n) is 11.8. The molecule has 21 heavy (non-hydrogen) atoms. The molecule has 1 aliphatic heterocycles. The molecule has 0 aliphatic carbocycles. The molecule has 0 radical (unpaired) electrons. The van der Waals surface area contributed by atoms with Crippen LogP contribution in [0.15, 0.2) is 46.9 Å². The summed E-state index contributed by atoms with van der Waals surface area (Å²) in [6.07, 6.45) is 1.13. The van der Waals surface area contributed by atoms with E-state index in [1.807, 2.05) is 12.1 Å². The molecule has 0 fully saturated rings. The fraction of sp³-hybridized carbons (Fsp3) is 0.235. The van der Waals surface area contributed by atoms with Gasteiger partial charge in [-0.25, -0.2) is 0 Å². The van der Waals surface area contributed by atoms with Gasteiger partial charge in [-0.2, -0.15) is 0 Å². The molecule has 0 saturated carbocycles. The predicted molar refractivity (Wildman–Crippen MR) is 96.3 cm³/mol. The van der Waals surface area contributed by atoms with Crippen LogP contribution >= 0.6 is 28.1 Å². The van der Waals surface area contributed by atoms with Gasteiger partial charge in [0.25, 0.3) is 0 Å². The Kier molecular flexibility index (Phi) is 4.00. The van der Waals surface area contributed by atoms with Crippen LogP contribution in [0.1, 0.15) is 18.1 Å². The molecule has 2 N–H and O–H groups in total. The molecule has 0 amide bonds. The summed E-state index contributed by atoms with van der Waals surface area (Å²) in [7, 11) is 0. The summed E-state index contributed by atoms with van der Waals surface area (Å²) >= 11 is 8.71. The van der Waals surface area contributed by atoms with E-state index in [4.69, 9.17) is 18.0 Å². The molecule has 2 aromatic carbocycles. The van der Waals surface area contributed by atoms with Crippen molar-refractivity contribution < 1.29 is 0 Å². The van der Waals surface area contributed by atoms with Crippen molar-refractivity contribution in [3.8, 4) is 0 Å². The van der Waals surface area contributed by atoms with Crippen LogP contribution in [0.25, 0.3) is 0 Å². The molecule has 2 aromatic rings. The number of hydrogen-bond donors (Lipinski definition) is 1. The normalized spacial score (nSPS) is 17.4. The molecule has 1 unspecified atom stereocenters. The second-order valence-electron chi connectivity index (χ2n) is 5.58. The number of nitrogens with two attached hydrogens (primary N) is 1. The highest BCUT2D eigenvalue weighted by Crippen LogP contribution is 2.38. The number of thiocarbonyl (C=S) groups is 1. The molecule has 1 aliphatic rings. The average molecular weight is 361 g/mol. The summed E-state index contributed by atoms with van der Waals surface area (Å²) in [5.74, 6) is 0.627. The van der Waals surface area contributed by atoms with Gasteiger partial charge in [0.2, 0.25) is 0 Å². The van der Waals surface area contributed by atoms with Crippen LogP contribution in [0.4, 0.5) is 11.4 Å². The lowest BCUT2D eigenvalue weighted by Crippen LogP contribution is -2.30. The molecule has 1 atom stereocenters. The van der Waals surface area contributed by atoms with E-state index in [0.29, 0.717) is 10.9 Å². The lowest BCUT2D eigenvalue weighted by Gasteiger charge is -2.35. The Labute approximate surface area is 139 Å². The molecule has 1 heterocycles. The molecule has 0 bridgehead atoms. The molecule has 4 heteroatoms. The molecule has 0 aromatic heterocycles. The Morgan fingerprint density at radius 3 is 2.71 bits per heavy atom. The van der Waals surface area contributed by atoms with Crippen LogP contribution in [0, 0.1) is 5.92 Å². The largest absolute Gasteiger partial charge is 0.389 e. The molecular weight excluding hydrogens is 344 g/mol. The lowest BCUT2D eigenvalue weighted by molar-refractivity contribution is 0.562. The molecule has 0 saturated heterocycles. The van der Waals surface area contributed by atoms with Gasteiger partial charge in [0.1, 0.15) is 4.99 Å². The van der Waals surface area contributed by atoms with Crippen molar-refractivity contribution in [3.63, 3.8) is 0 Å². The summed E-state index contributed by atoms with van der Waals surface area (Å²) in [6.45, 7) is 3.31. The number of hydrogen-bond acceptors (Lipinski definition) is 2. The highest BCUT2D eigenvalue weighted by atomic mass is 79.9. The van der Waals surface area contributed by atoms with Crippen molar-refractivity contribution in [2.45, 2.75) is 13.3 Å². The summed E-state index contributed by atoms with van der Waals surface area (Å²) < 4.78 is 1.02. The molecular formula is C17H17BrN2S. The number of fused-ring (bicyclic) bond motifs is 1. The first-order valence-electron chi connectivity index (χ1n) is 7.01. The Balaban J connectivity index is 2.06. The van der Waals surface area contributed by atoms with Crippen LogP contribution in [-0.4, -0.2) is 11.5 Å². The Hall–Kier alpha value is -1.39. The van der Waals surface area contributed by atoms with E-state index in [0.717, 1.165) is 28.7 Å². The van der Waals surface area contributed by atoms with Crippen molar-refractivity contribution in [3.05, 3.63) is 58.1 Å². The third kappa shape index (κ3) is 2.83. The number of nitrogens with zero attached hydrogens (tertiary/aromatic N) is 1. The highest BCUT2D eigenvalue weighted by molar-refractivity contribution is 9.10. The Bertz CT molecular complexity index is 699. The maximum atomic E-state index is 5.71. The quantitative estimate of drug-likeness (QED) is 0.804. The van der Waals surface area contributed by atoms with E-state index in [9.17, 15) is 0 Å². The maximum absolute atomic E-state index is 5.71. The second kappa shape index (κ2) is 5.78. The van der Waals surface area contributed by atoms with Crippen LogP contribution in [0.5, 0.6) is 0 Å². The topological polar surface area (TPSA) is 29.3 Å². The summed E-state index contributed by atoms with van der Waals surface area (Å²) in [5.41, 5.74) is 10.5. The fourth-order valence-corrected chi connectivity index (χ4v) is 3.62. The van der Waals surface area contributed by atoms with Gasteiger partial charge in [-0.15, -0.1) is 0 Å². The molecule has 108 valence electrons. The van der Waals surface area contributed by atoms with Gasteiger partial charge >= 0.3 is 0 Å². The van der Waals surface area contributed by atoms with E-state index >= 15 is 0 Å². The maximum Gasteiger partial charge on any atom is 0.104 e. The highest BCUT2D eigenvalue weighted by Gasteiger charge is 2.23. The number of anilines is 2. The molecule has 3 rings (SSSR count). The zero-order chi connectivity index (χ0) is 15.0. The SMILES string of the molecule is CC1Cc2ccccc2N(c2ccc(C(N)=S)cc2Br)C1. The van der Waals surface area contributed by atoms with Crippen LogP contribution in [0.3, 0.4) is 0 Å². The van der Waals surface area contributed by atoms with Crippen LogP contribution < -0.4 is 10.6 Å². The summed E-state index contributed by atoms with van der Waals surface area (Å²) in [5, 5.41) is 0. The zero-order valence-corrected chi connectivity index (χ0v) is 14.2. The summed E-state index contributed by atoms with van der Waals surface area (Å²) in [4.78, 5) is 2.80. The first kappa shape index (κ1) is 14.5. The number of halogens is 1. The van der Waals surface area contributed by atoms with Crippen LogP contribution in [-0.2, 0) is 6.42 Å². The van der Waals surface area contributed by atoms with E-state index < -0.39 is 0 Å². The van der Waals surface area contributed by atoms with Crippen molar-refractivity contribution in [2.24, 2.45) is 11.7 Å². The van der Waals surface area contributed by atoms with Gasteiger partial charge in [-0.1, -0.05) is 37.3 Å². The van der Waals surface area contributed by atoms with Gasteiger partial charge in [0, 0.05) is 22.3 Å². The minimum absolute atomic E-state index is 0.426. The molecule has 0 spiro atoms. The Morgan fingerprint density at radius 2 is 2.00 bits per heavy atom.